The van der Waals surface area contributed by atoms with E-state index < -0.39 is 11.9 Å². The molecule has 1 unspecified atom stereocenters. The summed E-state index contributed by atoms with van der Waals surface area (Å²) >= 11 is 0. The van der Waals surface area contributed by atoms with E-state index in [0.29, 0.717) is 11.1 Å². The van der Waals surface area contributed by atoms with Crippen molar-refractivity contribution < 1.29 is 13.5 Å². The van der Waals surface area contributed by atoms with Gasteiger partial charge in [-0.2, -0.15) is 0 Å². The Morgan fingerprint density at radius 1 is 1.05 bits per heavy atom. The highest BCUT2D eigenvalue weighted by atomic mass is 19.1. The van der Waals surface area contributed by atoms with Gasteiger partial charge in [0.2, 0.25) is 0 Å². The van der Waals surface area contributed by atoms with Crippen LogP contribution < -0.4 is 10.5 Å². The third-order valence-corrected chi connectivity index (χ3v) is 2.96. The van der Waals surface area contributed by atoms with Crippen molar-refractivity contribution in [2.24, 2.45) is 5.73 Å². The summed E-state index contributed by atoms with van der Waals surface area (Å²) in [5.74, 6) is -0.672. The standard InChI is InChI=1S/C15H15F2NO/c1-9-5-11(7-12(16)6-9)15(18)10-3-4-14(19-2)13(17)8-10/h3-8,15H,18H2,1-2H3. The molecule has 100 valence electrons. The molecule has 0 fully saturated rings. The van der Waals surface area contributed by atoms with Crippen LogP contribution in [0.15, 0.2) is 36.4 Å². The lowest BCUT2D eigenvalue weighted by Crippen LogP contribution is -2.12. The van der Waals surface area contributed by atoms with Gasteiger partial charge >= 0.3 is 0 Å². The van der Waals surface area contributed by atoms with Crippen LogP contribution in [0.2, 0.25) is 0 Å². The molecule has 0 saturated carbocycles. The largest absolute Gasteiger partial charge is 0.494 e. The van der Waals surface area contributed by atoms with Gasteiger partial charge < -0.3 is 10.5 Å². The van der Waals surface area contributed by atoms with Gasteiger partial charge in [0, 0.05) is 0 Å². The molecule has 2 aromatic carbocycles. The summed E-state index contributed by atoms with van der Waals surface area (Å²) < 4.78 is 31.8. The van der Waals surface area contributed by atoms with Gasteiger partial charge in [0.25, 0.3) is 0 Å². The third kappa shape index (κ3) is 2.90. The molecular formula is C15H15F2NO. The van der Waals surface area contributed by atoms with E-state index in [1.165, 1.54) is 31.4 Å². The van der Waals surface area contributed by atoms with Gasteiger partial charge in [-0.15, -0.1) is 0 Å². The van der Waals surface area contributed by atoms with Crippen molar-refractivity contribution in [2.45, 2.75) is 13.0 Å². The second kappa shape index (κ2) is 5.36. The smallest absolute Gasteiger partial charge is 0.165 e. The highest BCUT2D eigenvalue weighted by Crippen LogP contribution is 2.25. The molecule has 0 aliphatic heterocycles. The summed E-state index contributed by atoms with van der Waals surface area (Å²) in [7, 11) is 1.40. The minimum absolute atomic E-state index is 0.159. The average Bonchev–Trinajstić information content (AvgIpc) is 2.36. The van der Waals surface area contributed by atoms with Crippen molar-refractivity contribution in [2.75, 3.05) is 7.11 Å². The molecular weight excluding hydrogens is 248 g/mol. The zero-order chi connectivity index (χ0) is 14.0. The monoisotopic (exact) mass is 263 g/mol. The number of hydrogen-bond donors (Lipinski definition) is 1. The molecule has 2 aromatic rings. The lowest BCUT2D eigenvalue weighted by molar-refractivity contribution is 0.386. The average molecular weight is 263 g/mol. The first-order valence-corrected chi connectivity index (χ1v) is 5.87. The Kier molecular flexibility index (Phi) is 3.81. The highest BCUT2D eigenvalue weighted by Gasteiger charge is 2.13. The zero-order valence-electron chi connectivity index (χ0n) is 10.8. The van der Waals surface area contributed by atoms with Crippen LogP contribution in [0.1, 0.15) is 22.7 Å². The van der Waals surface area contributed by atoms with E-state index in [4.69, 9.17) is 10.5 Å². The SMILES string of the molecule is COc1ccc(C(N)c2cc(C)cc(F)c2)cc1F. The van der Waals surface area contributed by atoms with Crippen LogP contribution in [0.25, 0.3) is 0 Å². The van der Waals surface area contributed by atoms with Crippen LogP contribution >= 0.6 is 0 Å². The number of ether oxygens (including phenoxy) is 1. The Hall–Kier alpha value is -1.94. The molecule has 0 aliphatic rings. The number of hydrogen-bond acceptors (Lipinski definition) is 2. The van der Waals surface area contributed by atoms with Crippen molar-refractivity contribution >= 4 is 0 Å². The maximum absolute atomic E-state index is 13.6. The first-order chi connectivity index (χ1) is 9.01. The Bertz CT molecular complexity index is 578. The third-order valence-electron chi connectivity index (χ3n) is 2.96. The first-order valence-electron chi connectivity index (χ1n) is 5.87. The van der Waals surface area contributed by atoms with Crippen LogP contribution in [0.3, 0.4) is 0 Å². The summed E-state index contributed by atoms with van der Waals surface area (Å²) in [4.78, 5) is 0. The molecule has 4 heteroatoms. The molecule has 0 saturated heterocycles. The van der Waals surface area contributed by atoms with Gasteiger partial charge in [-0.25, -0.2) is 8.78 Å². The Balaban J connectivity index is 2.38. The minimum atomic E-state index is -0.574. The second-order valence-electron chi connectivity index (χ2n) is 4.43. The van der Waals surface area contributed by atoms with Gasteiger partial charge in [-0.05, 0) is 47.9 Å². The maximum Gasteiger partial charge on any atom is 0.165 e. The summed E-state index contributed by atoms with van der Waals surface area (Å²) in [5.41, 5.74) is 8.00. The number of benzene rings is 2. The molecule has 0 aliphatic carbocycles. The minimum Gasteiger partial charge on any atom is -0.494 e. The van der Waals surface area contributed by atoms with Gasteiger partial charge in [-0.3, -0.25) is 0 Å². The number of halogens is 2. The van der Waals surface area contributed by atoms with E-state index >= 15 is 0 Å². The first kappa shape index (κ1) is 13.5. The Morgan fingerprint density at radius 3 is 2.37 bits per heavy atom. The van der Waals surface area contributed by atoms with Crippen LogP contribution in [0.5, 0.6) is 5.75 Å². The molecule has 2 N–H and O–H groups in total. The van der Waals surface area contributed by atoms with Crippen LogP contribution in [-0.4, -0.2) is 7.11 Å². The van der Waals surface area contributed by atoms with Crippen molar-refractivity contribution in [1.29, 1.82) is 0 Å². The molecule has 0 bridgehead atoms. The molecule has 19 heavy (non-hydrogen) atoms. The predicted octanol–water partition coefficient (Wildman–Crippen LogP) is 3.33. The van der Waals surface area contributed by atoms with Crippen LogP contribution in [0, 0.1) is 18.6 Å². The summed E-state index contributed by atoms with van der Waals surface area (Å²) in [6.45, 7) is 1.79. The Labute approximate surface area is 110 Å². The summed E-state index contributed by atoms with van der Waals surface area (Å²) in [5, 5.41) is 0. The topological polar surface area (TPSA) is 35.2 Å². The molecule has 0 aromatic heterocycles. The number of methoxy groups -OCH3 is 1. The zero-order valence-corrected chi connectivity index (χ0v) is 10.8. The van der Waals surface area contributed by atoms with E-state index in [2.05, 4.69) is 0 Å². The number of nitrogens with two attached hydrogens (primary N) is 1. The van der Waals surface area contributed by atoms with Crippen molar-refractivity contribution in [1.82, 2.24) is 0 Å². The van der Waals surface area contributed by atoms with E-state index in [1.807, 2.05) is 0 Å². The molecule has 0 amide bonds. The molecule has 0 radical (unpaired) electrons. The van der Waals surface area contributed by atoms with Crippen LogP contribution in [-0.2, 0) is 0 Å². The molecule has 0 heterocycles. The van der Waals surface area contributed by atoms with Gasteiger partial charge in [0.15, 0.2) is 11.6 Å². The summed E-state index contributed by atoms with van der Waals surface area (Å²) in [6.07, 6.45) is 0. The molecule has 2 rings (SSSR count). The second-order valence-corrected chi connectivity index (χ2v) is 4.43. The van der Waals surface area contributed by atoms with Gasteiger partial charge in [0.05, 0.1) is 13.2 Å². The molecule has 2 nitrogen and oxygen atoms in total. The fourth-order valence-corrected chi connectivity index (χ4v) is 2.01. The number of rotatable bonds is 3. The van der Waals surface area contributed by atoms with E-state index in [-0.39, 0.29) is 11.6 Å². The van der Waals surface area contributed by atoms with E-state index in [9.17, 15) is 8.78 Å². The fraction of sp³-hybridized carbons (Fsp3) is 0.200. The molecule has 0 spiro atoms. The maximum atomic E-state index is 13.6. The van der Waals surface area contributed by atoms with Crippen molar-refractivity contribution in [3.8, 4) is 5.75 Å². The highest BCUT2D eigenvalue weighted by molar-refractivity contribution is 5.37. The van der Waals surface area contributed by atoms with Crippen molar-refractivity contribution in [3.05, 3.63) is 64.7 Å². The summed E-state index contributed by atoms with van der Waals surface area (Å²) in [6, 6.07) is 8.49. The fourth-order valence-electron chi connectivity index (χ4n) is 2.01. The Morgan fingerprint density at radius 2 is 1.79 bits per heavy atom. The lowest BCUT2D eigenvalue weighted by Gasteiger charge is -2.14. The lowest BCUT2D eigenvalue weighted by atomic mass is 9.98. The van der Waals surface area contributed by atoms with Gasteiger partial charge in [-0.1, -0.05) is 12.1 Å². The molecule has 1 atom stereocenters. The quantitative estimate of drug-likeness (QED) is 0.921. The van der Waals surface area contributed by atoms with Crippen LogP contribution in [0.4, 0.5) is 8.78 Å². The van der Waals surface area contributed by atoms with Gasteiger partial charge in [0.1, 0.15) is 5.82 Å². The predicted molar refractivity (Wildman–Crippen MR) is 70.1 cm³/mol. The van der Waals surface area contributed by atoms with E-state index in [1.54, 1.807) is 19.1 Å². The number of aryl methyl sites for hydroxylation is 1. The van der Waals surface area contributed by atoms with Crippen molar-refractivity contribution in [3.63, 3.8) is 0 Å². The normalized spacial score (nSPS) is 12.3. The van der Waals surface area contributed by atoms with E-state index in [0.717, 1.165) is 5.56 Å².